The minimum absolute atomic E-state index is 0.341. The average molecular weight is 272 g/mol. The number of hydrogen-bond acceptors (Lipinski definition) is 4. The van der Waals surface area contributed by atoms with Gasteiger partial charge >= 0.3 is 0 Å². The summed E-state index contributed by atoms with van der Waals surface area (Å²) >= 11 is 0. The number of benzene rings is 1. The van der Waals surface area contributed by atoms with E-state index in [9.17, 15) is 9.59 Å². The maximum atomic E-state index is 11.7. The highest BCUT2D eigenvalue weighted by atomic mass is 16.5. The summed E-state index contributed by atoms with van der Waals surface area (Å²) in [5.74, 6) is 0.353. The molecule has 0 unspecified atom stereocenters. The van der Waals surface area contributed by atoms with Gasteiger partial charge in [-0.15, -0.1) is 0 Å². The van der Waals surface area contributed by atoms with Crippen LogP contribution in [0.15, 0.2) is 24.4 Å². The van der Waals surface area contributed by atoms with Crippen molar-refractivity contribution in [2.75, 3.05) is 14.2 Å². The molecule has 1 aromatic carbocycles. The lowest BCUT2D eigenvalue weighted by Crippen LogP contribution is -2.21. The number of aromatic nitrogens is 1. The maximum Gasteiger partial charge on any atom is 0.258 e. The van der Waals surface area contributed by atoms with Gasteiger partial charge in [0.05, 0.1) is 19.8 Å². The van der Waals surface area contributed by atoms with Gasteiger partial charge in [0.15, 0.2) is 11.5 Å². The molecule has 0 fully saturated rings. The lowest BCUT2D eigenvalue weighted by molar-refractivity contribution is -0.123. The molecule has 6 heteroatoms. The summed E-state index contributed by atoms with van der Waals surface area (Å²) in [5, 5.41) is 3.02. The molecule has 0 radical (unpaired) electrons. The van der Waals surface area contributed by atoms with Crippen LogP contribution in [-0.2, 0) is 9.59 Å². The molecule has 2 N–H and O–H groups in total. The number of hydrogen-bond donors (Lipinski definition) is 2. The molecule has 2 heterocycles. The number of H-pyrrole nitrogens is 1. The first-order chi connectivity index (χ1) is 9.63. The maximum absolute atomic E-state index is 11.7. The quantitative estimate of drug-likeness (QED) is 0.823. The van der Waals surface area contributed by atoms with Crippen LogP contribution in [0.1, 0.15) is 5.56 Å². The number of carbonyl (C=O) groups is 2. The van der Waals surface area contributed by atoms with Crippen LogP contribution in [0.3, 0.4) is 0 Å². The third-order valence-corrected chi connectivity index (χ3v) is 3.23. The van der Waals surface area contributed by atoms with Crippen molar-refractivity contribution in [2.45, 2.75) is 0 Å². The summed E-state index contributed by atoms with van der Waals surface area (Å²) in [6.45, 7) is 0. The van der Waals surface area contributed by atoms with Crippen molar-refractivity contribution in [3.8, 4) is 11.5 Å². The highest BCUT2D eigenvalue weighted by Crippen LogP contribution is 2.35. The van der Waals surface area contributed by atoms with E-state index >= 15 is 0 Å². The summed E-state index contributed by atoms with van der Waals surface area (Å²) in [7, 11) is 3.10. The zero-order chi connectivity index (χ0) is 14.3. The molecule has 0 saturated carbocycles. The molecule has 2 aromatic rings. The van der Waals surface area contributed by atoms with E-state index in [1.165, 1.54) is 6.08 Å². The van der Waals surface area contributed by atoms with Crippen molar-refractivity contribution in [1.29, 1.82) is 0 Å². The monoisotopic (exact) mass is 272 g/mol. The Bertz CT molecular complexity index is 758. The first-order valence-corrected chi connectivity index (χ1v) is 5.94. The van der Waals surface area contributed by atoms with Crippen molar-refractivity contribution >= 4 is 28.3 Å². The Kier molecular flexibility index (Phi) is 2.71. The van der Waals surface area contributed by atoms with E-state index in [0.29, 0.717) is 22.6 Å². The standard InChI is InChI=1S/C14H12N2O4/c1-19-11-3-7-9(8-4-13(17)16-14(8)18)6-15-10(7)5-12(11)20-2/h3-6,15H,1-2H3,(H,16,17,18). The fourth-order valence-electron chi connectivity index (χ4n) is 2.28. The van der Waals surface area contributed by atoms with Gasteiger partial charge in [-0.3, -0.25) is 14.9 Å². The number of aromatic amines is 1. The lowest BCUT2D eigenvalue weighted by Gasteiger charge is -2.08. The van der Waals surface area contributed by atoms with Gasteiger partial charge in [-0.1, -0.05) is 0 Å². The Balaban J connectivity index is 2.21. The SMILES string of the molecule is COc1cc2[nH]cc(C3=CC(=O)NC3=O)c2cc1OC. The molecule has 6 nitrogen and oxygen atoms in total. The van der Waals surface area contributed by atoms with Gasteiger partial charge in [0.2, 0.25) is 0 Å². The average Bonchev–Trinajstić information content (AvgIpc) is 2.99. The largest absolute Gasteiger partial charge is 0.493 e. The number of carbonyl (C=O) groups excluding carboxylic acids is 2. The minimum atomic E-state index is -0.403. The summed E-state index contributed by atoms with van der Waals surface area (Å²) in [6, 6.07) is 3.56. The number of fused-ring (bicyclic) bond motifs is 1. The number of amides is 2. The van der Waals surface area contributed by atoms with Crippen LogP contribution in [0, 0.1) is 0 Å². The van der Waals surface area contributed by atoms with Gasteiger partial charge in [0, 0.05) is 34.8 Å². The van der Waals surface area contributed by atoms with Gasteiger partial charge in [0.1, 0.15) is 0 Å². The predicted octanol–water partition coefficient (Wildman–Crippen LogP) is 1.22. The van der Waals surface area contributed by atoms with E-state index in [1.807, 2.05) is 0 Å². The molecule has 20 heavy (non-hydrogen) atoms. The minimum Gasteiger partial charge on any atom is -0.493 e. The second-order valence-electron chi connectivity index (χ2n) is 4.33. The van der Waals surface area contributed by atoms with Gasteiger partial charge in [0.25, 0.3) is 11.8 Å². The molecule has 1 aliphatic heterocycles. The van der Waals surface area contributed by atoms with Gasteiger partial charge in [-0.05, 0) is 6.07 Å². The van der Waals surface area contributed by atoms with Gasteiger partial charge < -0.3 is 14.5 Å². The van der Waals surface area contributed by atoms with Crippen molar-refractivity contribution in [2.24, 2.45) is 0 Å². The van der Waals surface area contributed by atoms with Crippen LogP contribution in [0.5, 0.6) is 11.5 Å². The Labute approximate surface area is 114 Å². The third kappa shape index (κ3) is 1.73. The number of methoxy groups -OCH3 is 2. The fraction of sp³-hybridized carbons (Fsp3) is 0.143. The van der Waals surface area contributed by atoms with Crippen molar-refractivity contribution in [3.05, 3.63) is 30.0 Å². The zero-order valence-corrected chi connectivity index (χ0v) is 10.9. The highest BCUT2D eigenvalue weighted by Gasteiger charge is 2.24. The molecular weight excluding hydrogens is 260 g/mol. The van der Waals surface area contributed by atoms with Crippen LogP contribution in [0.2, 0.25) is 0 Å². The van der Waals surface area contributed by atoms with Crippen molar-refractivity contribution in [1.82, 2.24) is 10.3 Å². The number of rotatable bonds is 3. The predicted molar refractivity (Wildman–Crippen MR) is 72.5 cm³/mol. The first-order valence-electron chi connectivity index (χ1n) is 5.94. The Morgan fingerprint density at radius 1 is 1.05 bits per heavy atom. The molecule has 0 aliphatic carbocycles. The molecule has 0 atom stereocenters. The smallest absolute Gasteiger partial charge is 0.258 e. The van der Waals surface area contributed by atoms with E-state index in [0.717, 1.165) is 10.9 Å². The van der Waals surface area contributed by atoms with E-state index in [1.54, 1.807) is 32.5 Å². The summed E-state index contributed by atoms with van der Waals surface area (Å²) in [6.07, 6.45) is 2.98. The van der Waals surface area contributed by atoms with Crippen LogP contribution in [-0.4, -0.2) is 31.0 Å². The molecule has 0 bridgehead atoms. The Morgan fingerprint density at radius 3 is 2.35 bits per heavy atom. The molecule has 2 amide bonds. The number of ether oxygens (including phenoxy) is 2. The van der Waals surface area contributed by atoms with Crippen molar-refractivity contribution < 1.29 is 19.1 Å². The molecule has 0 saturated heterocycles. The van der Waals surface area contributed by atoms with Crippen LogP contribution in [0.25, 0.3) is 16.5 Å². The number of imide groups is 1. The zero-order valence-electron chi connectivity index (χ0n) is 10.9. The van der Waals surface area contributed by atoms with Crippen LogP contribution < -0.4 is 14.8 Å². The Hall–Kier alpha value is -2.76. The first kappa shape index (κ1) is 12.3. The van der Waals surface area contributed by atoms with Crippen LogP contribution >= 0.6 is 0 Å². The van der Waals surface area contributed by atoms with E-state index in [2.05, 4.69) is 10.3 Å². The Morgan fingerprint density at radius 2 is 1.75 bits per heavy atom. The van der Waals surface area contributed by atoms with Crippen LogP contribution in [0.4, 0.5) is 0 Å². The molecule has 3 rings (SSSR count). The highest BCUT2D eigenvalue weighted by molar-refractivity contribution is 6.35. The second kappa shape index (κ2) is 4.41. The van der Waals surface area contributed by atoms with E-state index in [4.69, 9.17) is 9.47 Å². The van der Waals surface area contributed by atoms with Crippen molar-refractivity contribution in [3.63, 3.8) is 0 Å². The van der Waals surface area contributed by atoms with E-state index < -0.39 is 11.8 Å². The molecular formula is C14H12N2O4. The lowest BCUT2D eigenvalue weighted by atomic mass is 10.0. The summed E-state index contributed by atoms with van der Waals surface area (Å²) in [5.41, 5.74) is 1.79. The summed E-state index contributed by atoms with van der Waals surface area (Å²) in [4.78, 5) is 26.0. The fourth-order valence-corrected chi connectivity index (χ4v) is 2.28. The normalized spacial score (nSPS) is 14.4. The third-order valence-electron chi connectivity index (χ3n) is 3.23. The second-order valence-corrected chi connectivity index (χ2v) is 4.33. The molecule has 102 valence electrons. The molecule has 1 aliphatic rings. The summed E-state index contributed by atoms with van der Waals surface area (Å²) < 4.78 is 10.5. The topological polar surface area (TPSA) is 80.4 Å². The van der Waals surface area contributed by atoms with Gasteiger partial charge in [-0.2, -0.15) is 0 Å². The molecule has 0 spiro atoms. The van der Waals surface area contributed by atoms with Gasteiger partial charge in [-0.25, -0.2) is 0 Å². The molecule has 1 aromatic heterocycles. The van der Waals surface area contributed by atoms with E-state index in [-0.39, 0.29) is 0 Å². The number of nitrogens with one attached hydrogen (secondary N) is 2.